The van der Waals surface area contributed by atoms with Crippen LogP contribution in [0.25, 0.3) is 0 Å². The summed E-state index contributed by atoms with van der Waals surface area (Å²) in [5.41, 5.74) is 6.57. The average Bonchev–Trinajstić information content (AvgIpc) is 2.05. The Morgan fingerprint density at radius 2 is 2.00 bits per heavy atom. The zero-order valence-electron chi connectivity index (χ0n) is 6.20. The number of rotatable bonds is 1. The van der Waals surface area contributed by atoms with Crippen LogP contribution in [0.4, 0.5) is 5.69 Å². The Kier molecular flexibility index (Phi) is 2.11. The minimum Gasteiger partial charge on any atom is -0.465 e. The number of ether oxygens (including phenoxy) is 1. The van der Waals surface area contributed by atoms with Crippen molar-refractivity contribution in [3.05, 3.63) is 29.8 Å². The van der Waals surface area contributed by atoms with Crippen LogP contribution < -0.4 is 5.73 Å². The van der Waals surface area contributed by atoms with E-state index in [1.165, 1.54) is 7.11 Å². The van der Waals surface area contributed by atoms with Gasteiger partial charge in [-0.05, 0) is 24.3 Å². The molecule has 0 aromatic heterocycles. The predicted octanol–water partition coefficient (Wildman–Crippen LogP) is 1.30. The Hall–Kier alpha value is -1.51. The van der Waals surface area contributed by atoms with E-state index >= 15 is 0 Å². The van der Waals surface area contributed by atoms with E-state index in [4.69, 9.17) is 5.73 Å². The molecule has 60 valence electrons. The summed E-state index contributed by atoms with van der Waals surface area (Å²) >= 11 is 0. The minimum atomic E-state index is -0.343. The zero-order chi connectivity index (χ0) is 8.27. The van der Waals surface area contributed by atoms with Crippen LogP contribution in [0, 0.1) is 0 Å². The molecule has 0 saturated carbocycles. The van der Waals surface area contributed by atoms with Gasteiger partial charge in [-0.15, -0.1) is 0 Å². The number of carbonyl (C=O) groups excluding carboxylic acids is 1. The summed E-state index contributed by atoms with van der Waals surface area (Å²) in [6.45, 7) is 0. The first kappa shape index (κ1) is 7.60. The lowest BCUT2D eigenvalue weighted by molar-refractivity contribution is 0.0601. The van der Waals surface area contributed by atoms with Gasteiger partial charge in [0.1, 0.15) is 0 Å². The van der Waals surface area contributed by atoms with Crippen LogP contribution in [0.5, 0.6) is 0 Å². The molecule has 0 aliphatic rings. The van der Waals surface area contributed by atoms with Crippen molar-refractivity contribution < 1.29 is 11.0 Å². The molecule has 2 N–H and O–H groups in total. The SMILES string of the molecule is COC(=O)c1ccc(N)cc1.[HH]. The van der Waals surface area contributed by atoms with Crippen LogP contribution in [0.2, 0.25) is 0 Å². The first-order valence-corrected chi connectivity index (χ1v) is 3.18. The van der Waals surface area contributed by atoms with Crippen LogP contribution in [0.3, 0.4) is 0 Å². The molecule has 0 spiro atoms. The summed E-state index contributed by atoms with van der Waals surface area (Å²) < 4.78 is 4.50. The molecule has 3 nitrogen and oxygen atoms in total. The molecule has 11 heavy (non-hydrogen) atoms. The molecule has 0 amide bonds. The number of methoxy groups -OCH3 is 1. The fourth-order valence-electron chi connectivity index (χ4n) is 0.737. The van der Waals surface area contributed by atoms with E-state index in [0.717, 1.165) is 0 Å². The van der Waals surface area contributed by atoms with Gasteiger partial charge < -0.3 is 10.5 Å². The Morgan fingerprint density at radius 3 is 2.45 bits per heavy atom. The third kappa shape index (κ3) is 1.70. The van der Waals surface area contributed by atoms with E-state index in [-0.39, 0.29) is 7.40 Å². The second-order valence-electron chi connectivity index (χ2n) is 2.11. The van der Waals surface area contributed by atoms with Crippen molar-refractivity contribution in [3.63, 3.8) is 0 Å². The van der Waals surface area contributed by atoms with E-state index in [1.807, 2.05) is 0 Å². The van der Waals surface area contributed by atoms with Crippen molar-refractivity contribution in [2.24, 2.45) is 0 Å². The van der Waals surface area contributed by atoms with Crippen LogP contribution in [-0.2, 0) is 4.74 Å². The zero-order valence-corrected chi connectivity index (χ0v) is 6.20. The lowest BCUT2D eigenvalue weighted by Crippen LogP contribution is -2.00. The molecule has 1 aromatic carbocycles. The highest BCUT2D eigenvalue weighted by Gasteiger charge is 2.02. The van der Waals surface area contributed by atoms with E-state index in [9.17, 15) is 4.79 Å². The van der Waals surface area contributed by atoms with Crippen LogP contribution in [0.15, 0.2) is 24.3 Å². The maximum absolute atomic E-state index is 10.9. The van der Waals surface area contributed by atoms with Crippen molar-refractivity contribution in [1.82, 2.24) is 0 Å². The van der Waals surface area contributed by atoms with Crippen LogP contribution in [-0.4, -0.2) is 13.1 Å². The van der Waals surface area contributed by atoms with Crippen molar-refractivity contribution >= 4 is 11.7 Å². The first-order chi connectivity index (χ1) is 5.24. The number of carbonyl (C=O) groups is 1. The fraction of sp³-hybridized carbons (Fsp3) is 0.125. The molecule has 0 aliphatic carbocycles. The average molecular weight is 153 g/mol. The van der Waals surface area contributed by atoms with Gasteiger partial charge in [-0.3, -0.25) is 0 Å². The van der Waals surface area contributed by atoms with Gasteiger partial charge in [0.2, 0.25) is 0 Å². The lowest BCUT2D eigenvalue weighted by atomic mass is 10.2. The normalized spacial score (nSPS) is 9.18. The highest BCUT2D eigenvalue weighted by molar-refractivity contribution is 5.89. The van der Waals surface area contributed by atoms with Gasteiger partial charge in [0.25, 0.3) is 0 Å². The molecule has 3 heteroatoms. The molecular weight excluding hydrogens is 142 g/mol. The summed E-state index contributed by atoms with van der Waals surface area (Å²) in [5.74, 6) is -0.343. The lowest BCUT2D eigenvalue weighted by Gasteiger charge is -1.97. The summed E-state index contributed by atoms with van der Waals surface area (Å²) in [7, 11) is 1.35. The second-order valence-corrected chi connectivity index (χ2v) is 2.11. The van der Waals surface area contributed by atoms with E-state index < -0.39 is 0 Å². The van der Waals surface area contributed by atoms with Gasteiger partial charge in [0, 0.05) is 7.11 Å². The molecule has 0 saturated heterocycles. The Balaban J connectivity index is 0.00000121. The molecular formula is C8H11NO2. The summed E-state index contributed by atoms with van der Waals surface area (Å²) in [5, 5.41) is 0. The molecule has 0 aliphatic heterocycles. The molecule has 1 aromatic rings. The fourth-order valence-corrected chi connectivity index (χ4v) is 0.737. The Bertz CT molecular complexity index is 258. The molecule has 1 rings (SSSR count). The van der Waals surface area contributed by atoms with Gasteiger partial charge in [0.15, 0.2) is 0 Å². The Morgan fingerprint density at radius 1 is 1.45 bits per heavy atom. The molecule has 0 radical (unpaired) electrons. The number of nitrogens with two attached hydrogens (primary N) is 1. The summed E-state index contributed by atoms with van der Waals surface area (Å²) in [4.78, 5) is 10.9. The number of anilines is 1. The van der Waals surface area contributed by atoms with Gasteiger partial charge in [-0.2, -0.15) is 0 Å². The second kappa shape index (κ2) is 3.05. The van der Waals surface area contributed by atoms with E-state index in [1.54, 1.807) is 24.3 Å². The topological polar surface area (TPSA) is 52.3 Å². The molecule has 0 atom stereocenters. The minimum absolute atomic E-state index is 0. The third-order valence-electron chi connectivity index (χ3n) is 1.33. The monoisotopic (exact) mass is 153 g/mol. The molecule has 0 unspecified atom stereocenters. The predicted molar refractivity (Wildman–Crippen MR) is 44.3 cm³/mol. The third-order valence-corrected chi connectivity index (χ3v) is 1.33. The summed E-state index contributed by atoms with van der Waals surface area (Å²) in [6.07, 6.45) is 0. The van der Waals surface area contributed by atoms with E-state index in [2.05, 4.69) is 4.74 Å². The highest BCUT2D eigenvalue weighted by Crippen LogP contribution is 2.05. The number of hydrogen-bond donors (Lipinski definition) is 1. The highest BCUT2D eigenvalue weighted by atomic mass is 16.5. The van der Waals surface area contributed by atoms with Crippen molar-refractivity contribution in [3.8, 4) is 0 Å². The van der Waals surface area contributed by atoms with Crippen LogP contribution >= 0.6 is 0 Å². The molecule has 0 bridgehead atoms. The van der Waals surface area contributed by atoms with Crippen LogP contribution in [0.1, 0.15) is 11.8 Å². The quantitative estimate of drug-likeness (QED) is 0.488. The van der Waals surface area contributed by atoms with Crippen molar-refractivity contribution in [2.45, 2.75) is 0 Å². The summed E-state index contributed by atoms with van der Waals surface area (Å²) in [6, 6.07) is 6.57. The number of nitrogen functional groups attached to an aromatic ring is 1. The maximum Gasteiger partial charge on any atom is 0.337 e. The number of esters is 1. The standard InChI is InChI=1S/C8H9NO2.H2/c1-11-8(10)6-2-4-7(9)5-3-6;/h2-5H,9H2,1H3;1H. The van der Waals surface area contributed by atoms with Crippen molar-refractivity contribution in [1.29, 1.82) is 0 Å². The van der Waals surface area contributed by atoms with Gasteiger partial charge >= 0.3 is 5.97 Å². The number of benzene rings is 1. The first-order valence-electron chi connectivity index (χ1n) is 3.18. The number of hydrogen-bond acceptors (Lipinski definition) is 3. The maximum atomic E-state index is 10.9. The smallest absolute Gasteiger partial charge is 0.337 e. The van der Waals surface area contributed by atoms with Gasteiger partial charge in [-0.1, -0.05) is 0 Å². The van der Waals surface area contributed by atoms with Gasteiger partial charge in [0.05, 0.1) is 12.7 Å². The molecule has 0 fully saturated rings. The largest absolute Gasteiger partial charge is 0.465 e. The van der Waals surface area contributed by atoms with Gasteiger partial charge in [-0.25, -0.2) is 4.79 Å². The van der Waals surface area contributed by atoms with E-state index in [0.29, 0.717) is 11.3 Å². The Labute approximate surface area is 66.3 Å². The molecule has 0 heterocycles. The van der Waals surface area contributed by atoms with Crippen molar-refractivity contribution in [2.75, 3.05) is 12.8 Å².